The van der Waals surface area contributed by atoms with Gasteiger partial charge in [0.05, 0.1) is 6.61 Å². The van der Waals surface area contributed by atoms with E-state index in [0.29, 0.717) is 6.04 Å². The second-order valence-electron chi connectivity index (χ2n) is 4.69. The Hall–Kier alpha value is -0.540. The molecule has 0 heterocycles. The molecule has 0 saturated heterocycles. The van der Waals surface area contributed by atoms with E-state index in [-0.39, 0.29) is 0 Å². The SMILES string of the molecule is CCC(C)N(CCOC)c1ccc(CBr)c(C)c1. The molecule has 1 aromatic carbocycles. The molecule has 3 heteroatoms. The first-order valence-electron chi connectivity index (χ1n) is 6.55. The number of alkyl halides is 1. The average Bonchev–Trinajstić information content (AvgIpc) is 2.39. The van der Waals surface area contributed by atoms with Gasteiger partial charge in [-0.3, -0.25) is 0 Å². The lowest BCUT2D eigenvalue weighted by Crippen LogP contribution is -2.35. The second-order valence-corrected chi connectivity index (χ2v) is 5.25. The van der Waals surface area contributed by atoms with Gasteiger partial charge in [-0.2, -0.15) is 0 Å². The number of nitrogens with zero attached hydrogens (tertiary/aromatic N) is 1. The van der Waals surface area contributed by atoms with Crippen molar-refractivity contribution in [3.05, 3.63) is 29.3 Å². The zero-order valence-corrected chi connectivity index (χ0v) is 13.5. The van der Waals surface area contributed by atoms with Crippen molar-refractivity contribution in [2.75, 3.05) is 25.2 Å². The molecular weight excluding hydrogens is 290 g/mol. The summed E-state index contributed by atoms with van der Waals surface area (Å²) in [6.07, 6.45) is 1.14. The molecule has 0 saturated carbocycles. The van der Waals surface area contributed by atoms with Crippen LogP contribution in [0.4, 0.5) is 5.69 Å². The largest absolute Gasteiger partial charge is 0.383 e. The summed E-state index contributed by atoms with van der Waals surface area (Å²) in [5.74, 6) is 0. The van der Waals surface area contributed by atoms with Crippen LogP contribution in [0.15, 0.2) is 18.2 Å². The highest BCUT2D eigenvalue weighted by molar-refractivity contribution is 9.08. The van der Waals surface area contributed by atoms with E-state index in [9.17, 15) is 0 Å². The van der Waals surface area contributed by atoms with Crippen LogP contribution < -0.4 is 4.90 Å². The number of halogens is 1. The summed E-state index contributed by atoms with van der Waals surface area (Å²) < 4.78 is 5.21. The van der Waals surface area contributed by atoms with Crippen molar-refractivity contribution in [2.24, 2.45) is 0 Å². The van der Waals surface area contributed by atoms with E-state index in [1.54, 1.807) is 7.11 Å². The van der Waals surface area contributed by atoms with Crippen LogP contribution >= 0.6 is 15.9 Å². The summed E-state index contributed by atoms with van der Waals surface area (Å²) in [6.45, 7) is 8.38. The molecule has 0 spiro atoms. The molecule has 1 atom stereocenters. The molecule has 102 valence electrons. The van der Waals surface area contributed by atoms with Crippen LogP contribution in [-0.4, -0.2) is 26.3 Å². The van der Waals surface area contributed by atoms with Gasteiger partial charge in [-0.05, 0) is 43.5 Å². The van der Waals surface area contributed by atoms with Crippen LogP contribution in [0.2, 0.25) is 0 Å². The molecule has 0 aromatic heterocycles. The van der Waals surface area contributed by atoms with Gasteiger partial charge in [0.2, 0.25) is 0 Å². The number of anilines is 1. The third kappa shape index (κ3) is 3.99. The fourth-order valence-corrected chi connectivity index (χ4v) is 2.65. The summed E-state index contributed by atoms with van der Waals surface area (Å²) in [4.78, 5) is 2.43. The van der Waals surface area contributed by atoms with Gasteiger partial charge in [0.25, 0.3) is 0 Å². The van der Waals surface area contributed by atoms with Crippen LogP contribution in [-0.2, 0) is 10.1 Å². The summed E-state index contributed by atoms with van der Waals surface area (Å²) in [7, 11) is 1.76. The highest BCUT2D eigenvalue weighted by atomic mass is 79.9. The van der Waals surface area contributed by atoms with Crippen molar-refractivity contribution < 1.29 is 4.74 Å². The highest BCUT2D eigenvalue weighted by Crippen LogP contribution is 2.23. The van der Waals surface area contributed by atoms with Gasteiger partial charge >= 0.3 is 0 Å². The van der Waals surface area contributed by atoms with Gasteiger partial charge in [-0.15, -0.1) is 0 Å². The summed E-state index contributed by atoms with van der Waals surface area (Å²) in [5.41, 5.74) is 3.99. The summed E-state index contributed by atoms with van der Waals surface area (Å²) >= 11 is 3.52. The first-order chi connectivity index (χ1) is 8.63. The van der Waals surface area contributed by atoms with Gasteiger partial charge in [0.15, 0.2) is 0 Å². The van der Waals surface area contributed by atoms with Crippen LogP contribution in [0.1, 0.15) is 31.4 Å². The first-order valence-corrected chi connectivity index (χ1v) is 7.67. The van der Waals surface area contributed by atoms with Gasteiger partial charge < -0.3 is 9.64 Å². The predicted molar refractivity (Wildman–Crippen MR) is 82.8 cm³/mol. The van der Waals surface area contributed by atoms with E-state index in [0.717, 1.165) is 24.9 Å². The quantitative estimate of drug-likeness (QED) is 0.701. The lowest BCUT2D eigenvalue weighted by molar-refractivity contribution is 0.203. The fourth-order valence-electron chi connectivity index (χ4n) is 2.02. The van der Waals surface area contributed by atoms with Gasteiger partial charge in [0.1, 0.15) is 0 Å². The number of ether oxygens (including phenoxy) is 1. The molecule has 18 heavy (non-hydrogen) atoms. The number of rotatable bonds is 7. The van der Waals surface area contributed by atoms with Crippen LogP contribution in [0.3, 0.4) is 0 Å². The molecule has 0 N–H and O–H groups in total. The van der Waals surface area contributed by atoms with E-state index >= 15 is 0 Å². The third-order valence-electron chi connectivity index (χ3n) is 3.46. The van der Waals surface area contributed by atoms with Crippen LogP contribution in [0.5, 0.6) is 0 Å². The van der Waals surface area contributed by atoms with Gasteiger partial charge in [-0.1, -0.05) is 28.9 Å². The highest BCUT2D eigenvalue weighted by Gasteiger charge is 2.13. The molecule has 1 aromatic rings. The van der Waals surface area contributed by atoms with Crippen molar-refractivity contribution in [3.8, 4) is 0 Å². The number of hydrogen-bond acceptors (Lipinski definition) is 2. The molecule has 0 amide bonds. The standard InChI is InChI=1S/C15H24BrNO/c1-5-13(3)17(8-9-18-4)15-7-6-14(11-16)12(2)10-15/h6-7,10,13H,5,8-9,11H2,1-4H3. The van der Waals surface area contributed by atoms with E-state index in [1.165, 1.54) is 16.8 Å². The Morgan fingerprint density at radius 3 is 2.61 bits per heavy atom. The zero-order chi connectivity index (χ0) is 13.5. The van der Waals surface area contributed by atoms with E-state index in [2.05, 4.69) is 59.8 Å². The normalized spacial score (nSPS) is 12.5. The number of aryl methyl sites for hydroxylation is 1. The predicted octanol–water partition coefficient (Wildman–Crippen LogP) is 4.14. The average molecular weight is 314 g/mol. The molecule has 0 aliphatic carbocycles. The first kappa shape index (κ1) is 15.5. The lowest BCUT2D eigenvalue weighted by Gasteiger charge is -2.31. The Balaban J connectivity index is 2.93. The summed E-state index contributed by atoms with van der Waals surface area (Å²) in [5, 5.41) is 0.917. The lowest BCUT2D eigenvalue weighted by atomic mass is 10.1. The van der Waals surface area contributed by atoms with Crippen molar-refractivity contribution in [3.63, 3.8) is 0 Å². The molecule has 0 aliphatic heterocycles. The number of benzene rings is 1. The Labute approximate surface area is 119 Å². The second kappa shape index (κ2) is 7.80. The van der Waals surface area contributed by atoms with E-state index in [4.69, 9.17) is 4.74 Å². The van der Waals surface area contributed by atoms with E-state index < -0.39 is 0 Å². The number of methoxy groups -OCH3 is 1. The maximum atomic E-state index is 5.21. The minimum atomic E-state index is 0.536. The molecule has 0 bridgehead atoms. The van der Waals surface area contributed by atoms with Crippen LogP contribution in [0.25, 0.3) is 0 Å². The molecule has 0 fully saturated rings. The third-order valence-corrected chi connectivity index (χ3v) is 4.07. The minimum Gasteiger partial charge on any atom is -0.383 e. The molecule has 0 radical (unpaired) electrons. The van der Waals surface area contributed by atoms with Crippen molar-refractivity contribution in [1.29, 1.82) is 0 Å². The molecule has 1 rings (SSSR count). The van der Waals surface area contributed by atoms with Crippen molar-refractivity contribution >= 4 is 21.6 Å². The van der Waals surface area contributed by atoms with Crippen molar-refractivity contribution in [2.45, 2.75) is 38.6 Å². The summed E-state index contributed by atoms with van der Waals surface area (Å²) in [6, 6.07) is 7.24. The topological polar surface area (TPSA) is 12.5 Å². The minimum absolute atomic E-state index is 0.536. The Morgan fingerprint density at radius 1 is 1.39 bits per heavy atom. The zero-order valence-electron chi connectivity index (χ0n) is 11.9. The molecular formula is C15H24BrNO. The van der Waals surface area contributed by atoms with Crippen molar-refractivity contribution in [1.82, 2.24) is 0 Å². The maximum absolute atomic E-state index is 5.21. The molecule has 2 nitrogen and oxygen atoms in total. The van der Waals surface area contributed by atoms with Crippen LogP contribution in [0, 0.1) is 6.92 Å². The van der Waals surface area contributed by atoms with E-state index in [1.807, 2.05) is 0 Å². The van der Waals surface area contributed by atoms with Gasteiger partial charge in [0, 0.05) is 30.7 Å². The Morgan fingerprint density at radius 2 is 2.11 bits per heavy atom. The van der Waals surface area contributed by atoms with Gasteiger partial charge in [-0.25, -0.2) is 0 Å². The Bertz CT molecular complexity index is 368. The smallest absolute Gasteiger partial charge is 0.0637 e. The molecule has 0 aliphatic rings. The molecule has 1 unspecified atom stereocenters. The Kier molecular flexibility index (Phi) is 6.72. The monoisotopic (exact) mass is 313 g/mol. The number of hydrogen-bond donors (Lipinski definition) is 0. The fraction of sp³-hybridized carbons (Fsp3) is 0.600. The maximum Gasteiger partial charge on any atom is 0.0637 e.